The number of rotatable bonds is 3. The van der Waals surface area contributed by atoms with Gasteiger partial charge in [0.2, 0.25) is 5.78 Å². The quantitative estimate of drug-likeness (QED) is 0.670. The Morgan fingerprint density at radius 2 is 1.86 bits per heavy atom. The molecular formula is C14H8BrClN4O. The van der Waals surface area contributed by atoms with Crippen LogP contribution in [0.3, 0.4) is 0 Å². The SMILES string of the molecule is O=C(c1ccc(Br)cc1)c1nccn1-c1ccc(Cl)nn1. The fourth-order valence-electron chi connectivity index (χ4n) is 1.82. The van der Waals surface area contributed by atoms with Gasteiger partial charge in [-0.3, -0.25) is 9.36 Å². The Hall–Kier alpha value is -2.05. The summed E-state index contributed by atoms with van der Waals surface area (Å²) in [5, 5.41) is 8.01. The van der Waals surface area contributed by atoms with Gasteiger partial charge < -0.3 is 0 Å². The van der Waals surface area contributed by atoms with Crippen LogP contribution >= 0.6 is 27.5 Å². The summed E-state index contributed by atoms with van der Waals surface area (Å²) in [6.45, 7) is 0. The maximum Gasteiger partial charge on any atom is 0.228 e. The molecule has 0 fully saturated rings. The lowest BCUT2D eigenvalue weighted by Crippen LogP contribution is -2.11. The lowest BCUT2D eigenvalue weighted by molar-refractivity contribution is 0.102. The molecular weight excluding hydrogens is 356 g/mol. The molecule has 0 radical (unpaired) electrons. The van der Waals surface area contributed by atoms with E-state index in [2.05, 4.69) is 31.1 Å². The summed E-state index contributed by atoms with van der Waals surface area (Å²) in [6.07, 6.45) is 3.20. The third-order valence-corrected chi connectivity index (χ3v) is 3.55. The summed E-state index contributed by atoms with van der Waals surface area (Å²) < 4.78 is 2.49. The van der Waals surface area contributed by atoms with Crippen LogP contribution < -0.4 is 0 Å². The Morgan fingerprint density at radius 3 is 2.52 bits per heavy atom. The molecule has 21 heavy (non-hydrogen) atoms. The number of hydrogen-bond donors (Lipinski definition) is 0. The standard InChI is InChI=1S/C14H8BrClN4O/c15-10-3-1-9(2-4-10)13(21)14-17-7-8-20(14)12-6-5-11(16)18-19-12/h1-8H. The first-order valence-corrected chi connectivity index (χ1v) is 7.15. The molecule has 0 N–H and O–H groups in total. The minimum absolute atomic E-state index is 0.191. The van der Waals surface area contributed by atoms with Crippen LogP contribution in [0.15, 0.2) is 53.3 Å². The third kappa shape index (κ3) is 2.86. The highest BCUT2D eigenvalue weighted by Gasteiger charge is 2.16. The lowest BCUT2D eigenvalue weighted by Gasteiger charge is -2.05. The van der Waals surface area contributed by atoms with Gasteiger partial charge in [-0.2, -0.15) is 0 Å². The van der Waals surface area contributed by atoms with Crippen molar-refractivity contribution in [2.75, 3.05) is 0 Å². The third-order valence-electron chi connectivity index (χ3n) is 2.81. The minimum Gasteiger partial charge on any atom is -0.285 e. The highest BCUT2D eigenvalue weighted by Crippen LogP contribution is 2.16. The van der Waals surface area contributed by atoms with E-state index in [-0.39, 0.29) is 11.6 Å². The van der Waals surface area contributed by atoms with Crippen LogP contribution in [0.2, 0.25) is 5.15 Å². The molecule has 104 valence electrons. The zero-order valence-corrected chi connectivity index (χ0v) is 12.9. The Balaban J connectivity index is 2.00. The van der Waals surface area contributed by atoms with Crippen molar-refractivity contribution in [2.24, 2.45) is 0 Å². The van der Waals surface area contributed by atoms with Crippen molar-refractivity contribution in [3.8, 4) is 5.82 Å². The van der Waals surface area contributed by atoms with Crippen LogP contribution in [0.25, 0.3) is 5.82 Å². The number of imidazole rings is 1. The van der Waals surface area contributed by atoms with Crippen LogP contribution in [0.1, 0.15) is 16.2 Å². The highest BCUT2D eigenvalue weighted by atomic mass is 79.9. The molecule has 0 saturated carbocycles. The van der Waals surface area contributed by atoms with E-state index in [1.165, 1.54) is 0 Å². The zero-order chi connectivity index (χ0) is 14.8. The summed E-state index contributed by atoms with van der Waals surface area (Å²) in [4.78, 5) is 16.6. The Labute approximate surface area is 133 Å². The van der Waals surface area contributed by atoms with E-state index in [4.69, 9.17) is 11.6 Å². The van der Waals surface area contributed by atoms with Gasteiger partial charge in [0.25, 0.3) is 0 Å². The van der Waals surface area contributed by atoms with Crippen molar-refractivity contribution in [1.82, 2.24) is 19.7 Å². The van der Waals surface area contributed by atoms with Crippen LogP contribution in [-0.4, -0.2) is 25.5 Å². The average Bonchev–Trinajstić information content (AvgIpc) is 2.97. The Kier molecular flexibility index (Phi) is 3.81. The van der Waals surface area contributed by atoms with E-state index in [1.54, 1.807) is 41.2 Å². The summed E-state index contributed by atoms with van der Waals surface area (Å²) in [5.74, 6) is 0.565. The van der Waals surface area contributed by atoms with Gasteiger partial charge in [0, 0.05) is 22.4 Å². The molecule has 0 aliphatic rings. The number of halogens is 2. The number of ketones is 1. The number of nitrogens with zero attached hydrogens (tertiary/aromatic N) is 4. The Morgan fingerprint density at radius 1 is 1.10 bits per heavy atom. The Bertz CT molecular complexity index is 783. The van der Waals surface area contributed by atoms with Gasteiger partial charge in [-0.15, -0.1) is 10.2 Å². The second kappa shape index (κ2) is 5.75. The highest BCUT2D eigenvalue weighted by molar-refractivity contribution is 9.10. The molecule has 0 bridgehead atoms. The molecule has 3 rings (SSSR count). The first kappa shape index (κ1) is 13.9. The van der Waals surface area contributed by atoms with Crippen molar-refractivity contribution in [3.05, 3.63) is 69.8 Å². The monoisotopic (exact) mass is 362 g/mol. The van der Waals surface area contributed by atoms with Gasteiger partial charge in [-0.05, 0) is 36.4 Å². The van der Waals surface area contributed by atoms with Crippen LogP contribution in [0, 0.1) is 0 Å². The van der Waals surface area contributed by atoms with Gasteiger partial charge >= 0.3 is 0 Å². The molecule has 2 heterocycles. The summed E-state index contributed by atoms with van der Waals surface area (Å²) >= 11 is 9.05. The van der Waals surface area contributed by atoms with E-state index in [0.717, 1.165) is 4.47 Å². The molecule has 7 heteroatoms. The van der Waals surface area contributed by atoms with Crippen molar-refractivity contribution in [3.63, 3.8) is 0 Å². The second-order valence-electron chi connectivity index (χ2n) is 4.17. The number of carbonyl (C=O) groups excluding carboxylic acids is 1. The van der Waals surface area contributed by atoms with Crippen molar-refractivity contribution < 1.29 is 4.79 Å². The summed E-state index contributed by atoms with van der Waals surface area (Å²) in [6, 6.07) is 10.4. The molecule has 0 aliphatic heterocycles. The maximum absolute atomic E-state index is 12.5. The van der Waals surface area contributed by atoms with E-state index in [0.29, 0.717) is 16.5 Å². The van der Waals surface area contributed by atoms with Gasteiger partial charge in [-0.1, -0.05) is 27.5 Å². The normalized spacial score (nSPS) is 10.6. The van der Waals surface area contributed by atoms with Crippen molar-refractivity contribution in [2.45, 2.75) is 0 Å². The van der Waals surface area contributed by atoms with Crippen LogP contribution in [0.5, 0.6) is 0 Å². The second-order valence-corrected chi connectivity index (χ2v) is 5.47. The van der Waals surface area contributed by atoms with E-state index in [1.807, 2.05) is 12.1 Å². The minimum atomic E-state index is -0.191. The molecule has 0 amide bonds. The van der Waals surface area contributed by atoms with E-state index < -0.39 is 0 Å². The van der Waals surface area contributed by atoms with E-state index >= 15 is 0 Å². The molecule has 0 unspecified atom stereocenters. The fraction of sp³-hybridized carbons (Fsp3) is 0. The molecule has 0 saturated heterocycles. The number of aromatic nitrogens is 4. The van der Waals surface area contributed by atoms with Gasteiger partial charge in [-0.25, -0.2) is 4.98 Å². The fourth-order valence-corrected chi connectivity index (χ4v) is 2.19. The molecule has 1 aromatic carbocycles. The van der Waals surface area contributed by atoms with Crippen molar-refractivity contribution >= 4 is 33.3 Å². The average molecular weight is 364 g/mol. The van der Waals surface area contributed by atoms with Gasteiger partial charge in [0.05, 0.1) is 0 Å². The van der Waals surface area contributed by atoms with Crippen LogP contribution in [-0.2, 0) is 0 Å². The van der Waals surface area contributed by atoms with Gasteiger partial charge in [0.1, 0.15) is 0 Å². The molecule has 3 aromatic rings. The molecule has 2 aromatic heterocycles. The first-order chi connectivity index (χ1) is 10.1. The lowest BCUT2D eigenvalue weighted by atomic mass is 10.1. The summed E-state index contributed by atoms with van der Waals surface area (Å²) in [5.41, 5.74) is 0.549. The molecule has 5 nitrogen and oxygen atoms in total. The maximum atomic E-state index is 12.5. The molecule has 0 atom stereocenters. The smallest absolute Gasteiger partial charge is 0.228 e. The number of benzene rings is 1. The zero-order valence-electron chi connectivity index (χ0n) is 10.6. The summed E-state index contributed by atoms with van der Waals surface area (Å²) in [7, 11) is 0. The predicted molar refractivity (Wildman–Crippen MR) is 81.7 cm³/mol. The molecule has 0 spiro atoms. The first-order valence-electron chi connectivity index (χ1n) is 5.98. The topological polar surface area (TPSA) is 60.7 Å². The predicted octanol–water partition coefficient (Wildman–Crippen LogP) is 3.31. The van der Waals surface area contributed by atoms with Crippen molar-refractivity contribution in [1.29, 1.82) is 0 Å². The van der Waals surface area contributed by atoms with Gasteiger partial charge in [0.15, 0.2) is 16.8 Å². The van der Waals surface area contributed by atoms with E-state index in [9.17, 15) is 4.79 Å². The molecule has 0 aliphatic carbocycles. The van der Waals surface area contributed by atoms with Crippen LogP contribution in [0.4, 0.5) is 0 Å². The largest absolute Gasteiger partial charge is 0.285 e. The number of hydrogen-bond acceptors (Lipinski definition) is 4. The number of carbonyl (C=O) groups is 1.